The molecule has 1 unspecified atom stereocenters. The quantitative estimate of drug-likeness (QED) is 0.0401. The monoisotopic (exact) mass is 911 g/mol. The van der Waals surface area contributed by atoms with E-state index in [2.05, 4.69) is 80.5 Å². The Balaban J connectivity index is 1.21. The Bertz CT molecular complexity index is 3530. The van der Waals surface area contributed by atoms with Crippen molar-refractivity contribution in [3.8, 4) is 33.4 Å². The number of fused-ring (bicyclic) bond motifs is 6. The summed E-state index contributed by atoms with van der Waals surface area (Å²) in [6, 6.07) is 57.5. The van der Waals surface area contributed by atoms with Crippen molar-refractivity contribution in [1.29, 1.82) is 0 Å². The number of allylic oxidation sites excluding steroid dienone is 10. The molecule has 0 bridgehead atoms. The van der Waals surface area contributed by atoms with Crippen molar-refractivity contribution < 1.29 is 20.4 Å². The third-order valence-corrected chi connectivity index (χ3v) is 13.1. The van der Waals surface area contributed by atoms with Crippen LogP contribution >= 0.6 is 0 Å². The average Bonchev–Trinajstić information content (AvgIpc) is 3.70. The van der Waals surface area contributed by atoms with Gasteiger partial charge >= 0.3 is 0 Å². The summed E-state index contributed by atoms with van der Waals surface area (Å²) in [5.41, 5.74) is 10.2. The lowest BCUT2D eigenvalue weighted by Gasteiger charge is -2.36. The zero-order valence-corrected chi connectivity index (χ0v) is 39.0. The van der Waals surface area contributed by atoms with Crippen LogP contribution in [-0.4, -0.2) is 20.4 Å². The summed E-state index contributed by atoms with van der Waals surface area (Å²) in [5, 5.41) is 55.8. The van der Waals surface area contributed by atoms with Crippen molar-refractivity contribution in [3.05, 3.63) is 295 Å². The van der Waals surface area contributed by atoms with E-state index in [-0.39, 0.29) is 11.1 Å². The van der Waals surface area contributed by atoms with Gasteiger partial charge in [-0.05, 0) is 113 Å². The number of benzene rings is 8. The van der Waals surface area contributed by atoms with Gasteiger partial charge in [0.05, 0.1) is 11.0 Å². The van der Waals surface area contributed by atoms with Gasteiger partial charge < -0.3 is 25.7 Å². The van der Waals surface area contributed by atoms with Crippen LogP contribution < -0.4 is 5.32 Å². The molecular weight excluding hydrogens is 859 g/mol. The van der Waals surface area contributed by atoms with Gasteiger partial charge in [-0.2, -0.15) is 0 Å². The van der Waals surface area contributed by atoms with Crippen molar-refractivity contribution in [2.75, 3.05) is 5.32 Å². The van der Waals surface area contributed by atoms with Gasteiger partial charge in [0.15, 0.2) is 23.0 Å². The number of aliphatic hydroxyl groups excluding tert-OH is 4. The van der Waals surface area contributed by atoms with Crippen molar-refractivity contribution in [3.63, 3.8) is 0 Å². The predicted octanol–water partition coefficient (Wildman–Crippen LogP) is 17.2. The fourth-order valence-electron chi connectivity index (χ4n) is 10.0. The molecule has 0 fully saturated rings. The van der Waals surface area contributed by atoms with E-state index in [1.807, 2.05) is 152 Å². The van der Waals surface area contributed by atoms with Gasteiger partial charge in [0, 0.05) is 17.5 Å². The molecule has 0 aliphatic heterocycles. The molecule has 5 nitrogen and oxygen atoms in total. The molecule has 0 aromatic heterocycles. The molecule has 8 aromatic rings. The lowest BCUT2D eigenvalue weighted by atomic mass is 9.66. The number of nitrogens with one attached hydrogen (secondary N) is 1. The van der Waals surface area contributed by atoms with Crippen LogP contribution in [0.3, 0.4) is 0 Å². The summed E-state index contributed by atoms with van der Waals surface area (Å²) < 4.78 is 0. The molecule has 0 saturated carbocycles. The van der Waals surface area contributed by atoms with Gasteiger partial charge in [0.1, 0.15) is 0 Å². The molecule has 342 valence electrons. The second-order valence-electron chi connectivity index (χ2n) is 17.1. The molecule has 5 N–H and O–H groups in total. The predicted molar refractivity (Wildman–Crippen MR) is 294 cm³/mol. The van der Waals surface area contributed by atoms with Crippen LogP contribution in [0.1, 0.15) is 35.6 Å². The molecule has 5 heteroatoms. The van der Waals surface area contributed by atoms with Gasteiger partial charge in [-0.3, -0.25) is 0 Å². The van der Waals surface area contributed by atoms with Crippen molar-refractivity contribution in [1.82, 2.24) is 0 Å². The molecule has 70 heavy (non-hydrogen) atoms. The molecule has 0 heterocycles. The fraction of sp³-hybridized carbons (Fsp3) is 0.0462. The van der Waals surface area contributed by atoms with Crippen molar-refractivity contribution >= 4 is 38.6 Å². The van der Waals surface area contributed by atoms with Gasteiger partial charge in [-0.15, -0.1) is 0 Å². The lowest BCUT2D eigenvalue weighted by Crippen LogP contribution is -2.29. The van der Waals surface area contributed by atoms with Crippen molar-refractivity contribution in [2.45, 2.75) is 18.8 Å². The maximum atomic E-state index is 12.6. The second kappa shape index (κ2) is 20.0. The molecule has 1 aliphatic carbocycles. The first kappa shape index (κ1) is 46.1. The molecule has 1 atom stereocenters. The summed E-state index contributed by atoms with van der Waals surface area (Å²) in [6.45, 7) is 14.4. The van der Waals surface area contributed by atoms with E-state index in [0.717, 1.165) is 78.2 Å². The zero-order valence-electron chi connectivity index (χ0n) is 39.0. The standard InChI is InChI=1S/C65H53NO4/c1-5-9-26-48(22-7-3)65(47(8-4)21-6-2)58-33-20-19-32-55(58)56-39-36-46(41-59(56)65)62(68)64(70)61(57-40-45-25-13-14-29-52(45)53-30-17-18-31-54(53)57)63(69)60(67)42-66-49-37-34-44(35-38-49)51-28-16-15-27-50(51)43-23-11-10-12-24-43/h5-6,8-42,66-70H,1-2,4,7H2,3H3/b26-9-,47-21+,48-22+,60-42-,63-61+,64-62-. The van der Waals surface area contributed by atoms with Crippen LogP contribution in [0.4, 0.5) is 5.69 Å². The van der Waals surface area contributed by atoms with Gasteiger partial charge in [-0.1, -0.05) is 221 Å². The van der Waals surface area contributed by atoms with E-state index >= 15 is 0 Å². The largest absolute Gasteiger partial charge is 0.504 e. The summed E-state index contributed by atoms with van der Waals surface area (Å²) in [5.74, 6) is -2.36. The first-order valence-corrected chi connectivity index (χ1v) is 23.3. The Morgan fingerprint density at radius 1 is 0.557 bits per heavy atom. The van der Waals surface area contributed by atoms with Gasteiger partial charge in [0.25, 0.3) is 0 Å². The Labute approximate surface area is 409 Å². The molecule has 0 saturated heterocycles. The zero-order chi connectivity index (χ0) is 48.8. The highest BCUT2D eigenvalue weighted by Gasteiger charge is 2.47. The number of rotatable bonds is 15. The number of hydrogen-bond acceptors (Lipinski definition) is 5. The summed E-state index contributed by atoms with van der Waals surface area (Å²) >= 11 is 0. The Kier molecular flexibility index (Phi) is 13.2. The number of hydrogen-bond donors (Lipinski definition) is 5. The van der Waals surface area contributed by atoms with E-state index in [4.69, 9.17) is 0 Å². The van der Waals surface area contributed by atoms with Crippen LogP contribution in [0.2, 0.25) is 0 Å². The summed E-state index contributed by atoms with van der Waals surface area (Å²) in [6.07, 6.45) is 15.4. The SMILES string of the molecule is C=C/C=C\C(=C/CC)C1(/C(C=C)=C/C=C)c2ccccc2-c2ccc(\C(O)=C(O)/C(=C(O)\C(O)=C\Nc3ccc(-c4ccccc4-c4ccccc4)cc3)c3cc4ccccc4c4ccccc34)cc21. The van der Waals surface area contributed by atoms with Crippen LogP contribution in [0.5, 0.6) is 0 Å². The Hall–Kier alpha value is -9.06. The highest BCUT2D eigenvalue weighted by atomic mass is 16.3. The van der Waals surface area contributed by atoms with Crippen LogP contribution in [-0.2, 0) is 5.41 Å². The van der Waals surface area contributed by atoms with E-state index < -0.39 is 28.5 Å². The third kappa shape index (κ3) is 8.24. The second-order valence-corrected chi connectivity index (χ2v) is 17.1. The van der Waals surface area contributed by atoms with E-state index in [1.165, 1.54) is 6.20 Å². The minimum Gasteiger partial charge on any atom is -0.504 e. The highest BCUT2D eigenvalue weighted by molar-refractivity contribution is 6.13. The molecule has 0 radical (unpaired) electrons. The lowest BCUT2D eigenvalue weighted by molar-refractivity contribution is 0.324. The maximum absolute atomic E-state index is 12.6. The number of aliphatic hydroxyl groups is 4. The van der Waals surface area contributed by atoms with Gasteiger partial charge in [-0.25, -0.2) is 0 Å². The minimum atomic E-state index is -0.908. The molecule has 8 aromatic carbocycles. The normalized spacial score (nSPS) is 15.5. The third-order valence-electron chi connectivity index (χ3n) is 13.1. The number of anilines is 1. The van der Waals surface area contributed by atoms with Gasteiger partial charge in [0.2, 0.25) is 0 Å². The molecule has 0 amide bonds. The average molecular weight is 912 g/mol. The maximum Gasteiger partial charge on any atom is 0.174 e. The van der Waals surface area contributed by atoms with E-state index in [1.54, 1.807) is 18.2 Å². The molecule has 9 rings (SSSR count). The topological polar surface area (TPSA) is 93.0 Å². The van der Waals surface area contributed by atoms with Crippen LogP contribution in [0.15, 0.2) is 273 Å². The highest BCUT2D eigenvalue weighted by Crippen LogP contribution is 2.58. The minimum absolute atomic E-state index is 0.170. The fourth-order valence-corrected chi connectivity index (χ4v) is 10.0. The van der Waals surface area contributed by atoms with Crippen LogP contribution in [0, 0.1) is 0 Å². The smallest absolute Gasteiger partial charge is 0.174 e. The Morgan fingerprint density at radius 3 is 1.86 bits per heavy atom. The summed E-state index contributed by atoms with van der Waals surface area (Å²) in [7, 11) is 0. The Morgan fingerprint density at radius 2 is 1.17 bits per heavy atom. The van der Waals surface area contributed by atoms with Crippen molar-refractivity contribution in [2.24, 2.45) is 0 Å². The molecule has 0 spiro atoms. The van der Waals surface area contributed by atoms with E-state index in [9.17, 15) is 20.4 Å². The molecular formula is C65H53NO4. The summed E-state index contributed by atoms with van der Waals surface area (Å²) in [4.78, 5) is 0. The molecule has 1 aliphatic rings. The van der Waals surface area contributed by atoms with Crippen LogP contribution in [0.25, 0.3) is 66.3 Å². The van der Waals surface area contributed by atoms with E-state index in [0.29, 0.717) is 16.6 Å². The first-order valence-electron chi connectivity index (χ1n) is 23.3. The first-order chi connectivity index (χ1) is 34.2.